The first-order chi connectivity index (χ1) is 17.0. The highest BCUT2D eigenvalue weighted by Crippen LogP contribution is 2.43. The van der Waals surface area contributed by atoms with Crippen LogP contribution in [0, 0.1) is 0 Å². The zero-order valence-corrected chi connectivity index (χ0v) is 20.1. The number of nitrogens with zero attached hydrogens (tertiary/aromatic N) is 6. The van der Waals surface area contributed by atoms with Gasteiger partial charge in [-0.25, -0.2) is 4.68 Å². The van der Waals surface area contributed by atoms with Gasteiger partial charge < -0.3 is 14.2 Å². The van der Waals surface area contributed by atoms with Gasteiger partial charge in [-0.3, -0.25) is 9.59 Å². The first-order valence-corrected chi connectivity index (χ1v) is 12.2. The van der Waals surface area contributed by atoms with E-state index < -0.39 is 0 Å². The molecule has 178 valence electrons. The van der Waals surface area contributed by atoms with Crippen LogP contribution in [0.2, 0.25) is 0 Å². The fourth-order valence-corrected chi connectivity index (χ4v) is 5.19. The summed E-state index contributed by atoms with van der Waals surface area (Å²) in [4.78, 5) is 30.6. The highest BCUT2D eigenvalue weighted by molar-refractivity contribution is 7.99. The number of tetrazole rings is 1. The van der Waals surface area contributed by atoms with Gasteiger partial charge in [0, 0.05) is 24.5 Å². The molecule has 2 unspecified atom stereocenters. The number of benzene rings is 2. The maximum absolute atomic E-state index is 13.7. The van der Waals surface area contributed by atoms with E-state index in [4.69, 9.17) is 4.42 Å². The summed E-state index contributed by atoms with van der Waals surface area (Å²) < 4.78 is 6.94. The molecule has 0 spiro atoms. The van der Waals surface area contributed by atoms with Crippen molar-refractivity contribution >= 4 is 35.0 Å². The predicted octanol–water partition coefficient (Wildman–Crippen LogP) is 4.11. The molecule has 35 heavy (non-hydrogen) atoms. The number of anilines is 2. The molecule has 1 aliphatic heterocycles. The number of aryl methyl sites for hydroxylation is 1. The van der Waals surface area contributed by atoms with Crippen LogP contribution in [0.4, 0.5) is 11.4 Å². The van der Waals surface area contributed by atoms with E-state index in [-0.39, 0.29) is 35.4 Å². The Kier molecular flexibility index (Phi) is 6.37. The van der Waals surface area contributed by atoms with E-state index in [1.807, 2.05) is 66.4 Å². The fraction of sp³-hybridized carbons (Fsp3) is 0.240. The van der Waals surface area contributed by atoms with Gasteiger partial charge in [0.15, 0.2) is 5.76 Å². The number of carbonyl (C=O) groups excluding carboxylic acids is 2. The van der Waals surface area contributed by atoms with Crippen LogP contribution in [-0.2, 0) is 11.8 Å². The molecule has 2 aromatic carbocycles. The Morgan fingerprint density at radius 1 is 1.09 bits per heavy atom. The quantitative estimate of drug-likeness (QED) is 0.377. The normalized spacial score (nSPS) is 17.1. The lowest BCUT2D eigenvalue weighted by molar-refractivity contribution is -0.116. The molecule has 2 atom stereocenters. The lowest BCUT2D eigenvalue weighted by atomic mass is 9.89. The molecule has 0 saturated carbocycles. The zero-order valence-electron chi connectivity index (χ0n) is 19.3. The summed E-state index contributed by atoms with van der Waals surface area (Å²) in [5.74, 6) is 0.193. The minimum Gasteiger partial charge on any atom is -0.459 e. The van der Waals surface area contributed by atoms with Crippen LogP contribution in [0.1, 0.15) is 35.5 Å². The molecule has 3 heterocycles. The molecule has 4 aromatic rings. The van der Waals surface area contributed by atoms with Crippen molar-refractivity contribution in [3.8, 4) is 0 Å². The number of aromatic nitrogens is 4. The maximum atomic E-state index is 13.7. The molecule has 0 fully saturated rings. The molecule has 2 amide bonds. The Balaban J connectivity index is 1.51. The fourth-order valence-electron chi connectivity index (χ4n) is 4.48. The van der Waals surface area contributed by atoms with E-state index in [1.54, 1.807) is 28.8 Å². The SMILES string of the molecule is CC1CC(N(C(=O)CSc2nnnn2C)c2ccccc2)c2ccccc2N1C(=O)c1ccco1. The van der Waals surface area contributed by atoms with Crippen LogP contribution >= 0.6 is 11.8 Å². The Morgan fingerprint density at radius 2 is 1.86 bits per heavy atom. The number of amides is 2. The highest BCUT2D eigenvalue weighted by Gasteiger charge is 2.39. The summed E-state index contributed by atoms with van der Waals surface area (Å²) in [6.07, 6.45) is 2.07. The molecule has 5 rings (SSSR count). The monoisotopic (exact) mass is 488 g/mol. The van der Waals surface area contributed by atoms with E-state index >= 15 is 0 Å². The molecule has 1 aliphatic rings. The minimum absolute atomic E-state index is 0.0676. The van der Waals surface area contributed by atoms with Crippen LogP contribution in [-0.4, -0.2) is 43.8 Å². The van der Waals surface area contributed by atoms with Gasteiger partial charge in [0.1, 0.15) is 0 Å². The number of thioether (sulfide) groups is 1. The number of hydrogen-bond donors (Lipinski definition) is 0. The predicted molar refractivity (Wildman–Crippen MR) is 132 cm³/mol. The van der Waals surface area contributed by atoms with Crippen molar-refractivity contribution in [1.82, 2.24) is 20.2 Å². The number of carbonyl (C=O) groups is 2. The van der Waals surface area contributed by atoms with Crippen molar-refractivity contribution in [2.75, 3.05) is 15.6 Å². The maximum Gasteiger partial charge on any atom is 0.294 e. The summed E-state index contributed by atoms with van der Waals surface area (Å²) in [5, 5.41) is 12.0. The van der Waals surface area contributed by atoms with Gasteiger partial charge in [0.2, 0.25) is 11.1 Å². The Labute approximate surface area is 206 Å². The number of hydrogen-bond acceptors (Lipinski definition) is 7. The molecule has 0 bridgehead atoms. The first-order valence-electron chi connectivity index (χ1n) is 11.2. The van der Waals surface area contributed by atoms with Crippen LogP contribution in [0.25, 0.3) is 0 Å². The number of furan rings is 1. The van der Waals surface area contributed by atoms with Gasteiger partial charge in [-0.15, -0.1) is 5.10 Å². The first kappa shape index (κ1) is 22.9. The van der Waals surface area contributed by atoms with Gasteiger partial charge in [-0.1, -0.05) is 48.2 Å². The van der Waals surface area contributed by atoms with E-state index in [1.165, 1.54) is 18.0 Å². The van der Waals surface area contributed by atoms with Gasteiger partial charge in [0.05, 0.1) is 18.1 Å². The molecule has 0 aliphatic carbocycles. The smallest absolute Gasteiger partial charge is 0.294 e. The zero-order chi connectivity index (χ0) is 24.4. The summed E-state index contributed by atoms with van der Waals surface area (Å²) in [6.45, 7) is 2.00. The Bertz CT molecular complexity index is 1320. The van der Waals surface area contributed by atoms with Gasteiger partial charge >= 0.3 is 0 Å². The van der Waals surface area contributed by atoms with Crippen LogP contribution < -0.4 is 9.80 Å². The van der Waals surface area contributed by atoms with E-state index in [0.29, 0.717) is 11.6 Å². The van der Waals surface area contributed by atoms with Crippen LogP contribution in [0.15, 0.2) is 82.6 Å². The second-order valence-corrected chi connectivity index (χ2v) is 9.23. The van der Waals surface area contributed by atoms with Crippen LogP contribution in [0.5, 0.6) is 0 Å². The average molecular weight is 489 g/mol. The summed E-state index contributed by atoms with van der Waals surface area (Å²) in [7, 11) is 1.74. The molecular formula is C25H24N6O3S. The van der Waals surface area contributed by atoms with Gasteiger partial charge in [0.25, 0.3) is 5.91 Å². The number of rotatable bonds is 6. The molecule has 9 nitrogen and oxygen atoms in total. The molecule has 0 saturated heterocycles. The third-order valence-corrected chi connectivity index (χ3v) is 7.03. The van der Waals surface area contributed by atoms with Crippen molar-refractivity contribution in [2.45, 2.75) is 30.6 Å². The Morgan fingerprint density at radius 3 is 2.57 bits per heavy atom. The molecular weight excluding hydrogens is 464 g/mol. The van der Waals surface area contributed by atoms with Crippen molar-refractivity contribution in [1.29, 1.82) is 0 Å². The lowest BCUT2D eigenvalue weighted by Crippen LogP contribution is -2.48. The molecule has 0 radical (unpaired) electrons. The molecule has 0 N–H and O–H groups in total. The largest absolute Gasteiger partial charge is 0.459 e. The highest BCUT2D eigenvalue weighted by atomic mass is 32.2. The van der Waals surface area contributed by atoms with E-state index in [9.17, 15) is 9.59 Å². The summed E-state index contributed by atoms with van der Waals surface area (Å²) in [5.41, 5.74) is 2.48. The summed E-state index contributed by atoms with van der Waals surface area (Å²) >= 11 is 1.29. The third kappa shape index (κ3) is 4.44. The van der Waals surface area contributed by atoms with Crippen molar-refractivity contribution in [3.63, 3.8) is 0 Å². The van der Waals surface area contributed by atoms with E-state index in [0.717, 1.165) is 16.9 Å². The Hall–Kier alpha value is -3.92. The molecule has 2 aromatic heterocycles. The summed E-state index contributed by atoms with van der Waals surface area (Å²) in [6, 6.07) is 20.3. The van der Waals surface area contributed by atoms with Gasteiger partial charge in [-0.2, -0.15) is 0 Å². The minimum atomic E-state index is -0.255. The van der Waals surface area contributed by atoms with Gasteiger partial charge in [-0.05, 0) is 59.7 Å². The van der Waals surface area contributed by atoms with Crippen molar-refractivity contribution in [2.24, 2.45) is 7.05 Å². The second-order valence-electron chi connectivity index (χ2n) is 8.28. The third-order valence-electron chi connectivity index (χ3n) is 6.03. The van der Waals surface area contributed by atoms with Crippen molar-refractivity contribution in [3.05, 3.63) is 84.3 Å². The second kappa shape index (κ2) is 9.75. The number of fused-ring (bicyclic) bond motifs is 1. The standard InChI is InChI=1S/C25H24N6O3S/c1-17-15-21(19-11-6-7-12-20(19)30(17)24(33)22-13-8-14-34-22)31(18-9-4-3-5-10-18)23(32)16-35-25-26-27-28-29(25)2/h3-14,17,21H,15-16H2,1-2H3. The van der Waals surface area contributed by atoms with Crippen LogP contribution in [0.3, 0.4) is 0 Å². The van der Waals surface area contributed by atoms with Crippen molar-refractivity contribution < 1.29 is 14.0 Å². The molecule has 10 heteroatoms. The van der Waals surface area contributed by atoms with E-state index in [2.05, 4.69) is 15.5 Å². The topological polar surface area (TPSA) is 97.4 Å². The number of para-hydroxylation sites is 2. The average Bonchev–Trinajstić information content (AvgIpc) is 3.55. The lowest BCUT2D eigenvalue weighted by Gasteiger charge is -2.43.